The Morgan fingerprint density at radius 1 is 1.20 bits per heavy atom. The topological polar surface area (TPSA) is 41.6 Å². The fourth-order valence-electron chi connectivity index (χ4n) is 2.61. The summed E-state index contributed by atoms with van der Waals surface area (Å²) in [5.41, 5.74) is -0.422. The van der Waals surface area contributed by atoms with Crippen LogP contribution in [0.3, 0.4) is 0 Å². The highest BCUT2D eigenvalue weighted by Gasteiger charge is 2.36. The summed E-state index contributed by atoms with van der Waals surface area (Å²) in [5, 5.41) is 2.92. The van der Waals surface area contributed by atoms with Gasteiger partial charge in [0.2, 0.25) is 0 Å². The van der Waals surface area contributed by atoms with Crippen LogP contribution in [-0.2, 0) is 0 Å². The second-order valence-corrected chi connectivity index (χ2v) is 5.55. The number of alkyl halides is 6. The van der Waals surface area contributed by atoms with Gasteiger partial charge in [-0.2, -0.15) is 13.2 Å². The summed E-state index contributed by atoms with van der Waals surface area (Å²) in [4.78, 5) is 13.6. The second-order valence-electron chi connectivity index (χ2n) is 5.55. The van der Waals surface area contributed by atoms with E-state index >= 15 is 0 Å². The predicted molar refractivity (Wildman–Crippen MR) is 76.1 cm³/mol. The predicted octanol–water partition coefficient (Wildman–Crippen LogP) is 3.34. The summed E-state index contributed by atoms with van der Waals surface area (Å²) in [5.74, 6) is -1.65. The highest BCUT2D eigenvalue weighted by molar-refractivity contribution is 5.97. The van der Waals surface area contributed by atoms with Crippen molar-refractivity contribution in [2.75, 3.05) is 19.6 Å². The third kappa shape index (κ3) is 5.80. The Balaban J connectivity index is 2.26. The summed E-state index contributed by atoms with van der Waals surface area (Å²) >= 11 is 0. The normalized spacial score (nSPS) is 18.2. The SMILES string of the molecule is O=C(c1ccccc1OC(F)(F)F)N(CCC(F)(F)F)C1CCNC1. The molecule has 140 valence electrons. The third-order valence-electron chi connectivity index (χ3n) is 3.72. The molecule has 1 aliphatic rings. The number of nitrogens with zero attached hydrogens (tertiary/aromatic N) is 1. The second kappa shape index (κ2) is 7.51. The summed E-state index contributed by atoms with van der Waals surface area (Å²) in [7, 11) is 0. The molecule has 1 aliphatic heterocycles. The molecule has 25 heavy (non-hydrogen) atoms. The zero-order valence-corrected chi connectivity index (χ0v) is 13.0. The van der Waals surface area contributed by atoms with Gasteiger partial charge < -0.3 is 15.0 Å². The van der Waals surface area contributed by atoms with Crippen LogP contribution in [0.25, 0.3) is 0 Å². The van der Waals surface area contributed by atoms with Crippen molar-refractivity contribution in [1.82, 2.24) is 10.2 Å². The molecule has 1 saturated heterocycles. The standard InChI is InChI=1S/C15H16F6N2O2/c16-14(17,18)6-8-23(10-5-7-22-9-10)13(24)11-3-1-2-4-12(11)25-15(19,20)21/h1-4,10,22H,5-9H2. The molecule has 2 rings (SSSR count). The lowest BCUT2D eigenvalue weighted by Gasteiger charge is -2.29. The van der Waals surface area contributed by atoms with E-state index in [1.807, 2.05) is 0 Å². The number of benzene rings is 1. The van der Waals surface area contributed by atoms with Crippen molar-refractivity contribution in [3.63, 3.8) is 0 Å². The Morgan fingerprint density at radius 3 is 2.44 bits per heavy atom. The Bertz CT molecular complexity index is 596. The quantitative estimate of drug-likeness (QED) is 0.809. The monoisotopic (exact) mass is 370 g/mol. The first-order valence-corrected chi connectivity index (χ1v) is 7.50. The molecule has 0 saturated carbocycles. The van der Waals surface area contributed by atoms with Gasteiger partial charge in [-0.15, -0.1) is 13.2 Å². The van der Waals surface area contributed by atoms with Gasteiger partial charge in [-0.25, -0.2) is 0 Å². The lowest BCUT2D eigenvalue weighted by molar-refractivity contribution is -0.274. The first kappa shape index (κ1) is 19.4. The van der Waals surface area contributed by atoms with E-state index in [-0.39, 0.29) is 6.54 Å². The van der Waals surface area contributed by atoms with Crippen molar-refractivity contribution < 1.29 is 35.9 Å². The minimum atomic E-state index is -5.01. The number of nitrogens with one attached hydrogen (secondary N) is 1. The molecule has 0 aromatic heterocycles. The molecule has 0 aliphatic carbocycles. The number of para-hydroxylation sites is 1. The average Bonchev–Trinajstić information content (AvgIpc) is 2.99. The van der Waals surface area contributed by atoms with E-state index in [2.05, 4.69) is 10.1 Å². The number of halogens is 6. The molecule has 1 N–H and O–H groups in total. The maximum atomic E-state index is 12.6. The molecule has 1 aromatic rings. The van der Waals surface area contributed by atoms with E-state index in [1.54, 1.807) is 0 Å². The molecule has 1 aromatic carbocycles. The van der Waals surface area contributed by atoms with Crippen LogP contribution in [0.4, 0.5) is 26.3 Å². The molecule has 1 amide bonds. The van der Waals surface area contributed by atoms with Gasteiger partial charge in [0.15, 0.2) is 0 Å². The van der Waals surface area contributed by atoms with E-state index in [0.717, 1.165) is 17.0 Å². The van der Waals surface area contributed by atoms with Gasteiger partial charge >= 0.3 is 12.5 Å². The Kier molecular flexibility index (Phi) is 5.81. The summed E-state index contributed by atoms with van der Waals surface area (Å²) < 4.78 is 78.9. The fraction of sp³-hybridized carbons (Fsp3) is 0.533. The first-order chi connectivity index (χ1) is 11.6. The van der Waals surface area contributed by atoms with Gasteiger partial charge in [0.25, 0.3) is 5.91 Å². The van der Waals surface area contributed by atoms with E-state index in [4.69, 9.17) is 0 Å². The minimum Gasteiger partial charge on any atom is -0.405 e. The molecule has 0 spiro atoms. The van der Waals surface area contributed by atoms with Crippen molar-refractivity contribution in [1.29, 1.82) is 0 Å². The van der Waals surface area contributed by atoms with Gasteiger partial charge in [0.05, 0.1) is 12.0 Å². The molecule has 10 heteroatoms. The molecule has 0 bridgehead atoms. The summed E-state index contributed by atoms with van der Waals surface area (Å²) in [6.07, 6.45) is -10.3. The van der Waals surface area contributed by atoms with E-state index in [0.29, 0.717) is 13.0 Å². The largest absolute Gasteiger partial charge is 0.573 e. The number of carbonyl (C=O) groups excluding carboxylic acids is 1. The van der Waals surface area contributed by atoms with Crippen LogP contribution in [0, 0.1) is 0 Å². The van der Waals surface area contributed by atoms with E-state index in [1.165, 1.54) is 12.1 Å². The smallest absolute Gasteiger partial charge is 0.405 e. The van der Waals surface area contributed by atoms with Gasteiger partial charge in [-0.3, -0.25) is 4.79 Å². The fourth-order valence-corrected chi connectivity index (χ4v) is 2.61. The van der Waals surface area contributed by atoms with Gasteiger partial charge in [0, 0.05) is 19.1 Å². The lowest BCUT2D eigenvalue weighted by atomic mass is 10.1. The lowest BCUT2D eigenvalue weighted by Crippen LogP contribution is -2.43. The minimum absolute atomic E-state index is 0.284. The number of carbonyl (C=O) groups is 1. The van der Waals surface area contributed by atoms with Crippen LogP contribution < -0.4 is 10.1 Å². The Labute approximate surface area is 139 Å². The number of hydrogen-bond acceptors (Lipinski definition) is 3. The first-order valence-electron chi connectivity index (χ1n) is 7.50. The van der Waals surface area contributed by atoms with Gasteiger partial charge in [0.1, 0.15) is 5.75 Å². The number of rotatable bonds is 5. The van der Waals surface area contributed by atoms with Crippen LogP contribution in [0.1, 0.15) is 23.2 Å². The van der Waals surface area contributed by atoms with Gasteiger partial charge in [-0.05, 0) is 25.1 Å². The maximum Gasteiger partial charge on any atom is 0.573 e. The van der Waals surface area contributed by atoms with Crippen molar-refractivity contribution >= 4 is 5.91 Å². The molecular formula is C15H16F6N2O2. The third-order valence-corrected chi connectivity index (χ3v) is 3.72. The Hall–Kier alpha value is -1.97. The van der Waals surface area contributed by atoms with Crippen LogP contribution in [0.15, 0.2) is 24.3 Å². The highest BCUT2D eigenvalue weighted by Crippen LogP contribution is 2.29. The maximum absolute atomic E-state index is 12.6. The molecular weight excluding hydrogens is 354 g/mol. The van der Waals surface area contributed by atoms with Crippen molar-refractivity contribution in [3.05, 3.63) is 29.8 Å². The van der Waals surface area contributed by atoms with Crippen molar-refractivity contribution in [2.24, 2.45) is 0 Å². The van der Waals surface area contributed by atoms with Crippen LogP contribution in [-0.4, -0.2) is 49.0 Å². The summed E-state index contributed by atoms with van der Waals surface area (Å²) in [6.45, 7) is 0.169. The summed E-state index contributed by atoms with van der Waals surface area (Å²) in [6, 6.07) is 4.11. The number of hydrogen-bond donors (Lipinski definition) is 1. The zero-order chi connectivity index (χ0) is 18.7. The Morgan fingerprint density at radius 2 is 1.88 bits per heavy atom. The van der Waals surface area contributed by atoms with E-state index in [9.17, 15) is 31.1 Å². The molecule has 1 atom stereocenters. The van der Waals surface area contributed by atoms with Gasteiger partial charge in [-0.1, -0.05) is 12.1 Å². The number of amides is 1. The van der Waals surface area contributed by atoms with Crippen molar-refractivity contribution in [2.45, 2.75) is 31.4 Å². The highest BCUT2D eigenvalue weighted by atomic mass is 19.4. The van der Waals surface area contributed by atoms with Crippen molar-refractivity contribution in [3.8, 4) is 5.75 Å². The average molecular weight is 370 g/mol. The van der Waals surface area contributed by atoms with E-state index < -0.39 is 48.8 Å². The zero-order valence-electron chi connectivity index (χ0n) is 13.0. The number of ether oxygens (including phenoxy) is 1. The van der Waals surface area contributed by atoms with Crippen LogP contribution >= 0.6 is 0 Å². The molecule has 1 unspecified atom stereocenters. The molecule has 1 heterocycles. The van der Waals surface area contributed by atoms with Crippen LogP contribution in [0.2, 0.25) is 0 Å². The molecule has 0 radical (unpaired) electrons. The molecule has 1 fully saturated rings. The molecule has 4 nitrogen and oxygen atoms in total. The van der Waals surface area contributed by atoms with Crippen LogP contribution in [0.5, 0.6) is 5.75 Å².